The molecule has 0 amide bonds. The molecule has 92 valence electrons. The van der Waals surface area contributed by atoms with Crippen molar-refractivity contribution in [3.63, 3.8) is 0 Å². The van der Waals surface area contributed by atoms with Crippen molar-refractivity contribution in [2.75, 3.05) is 0 Å². The summed E-state index contributed by atoms with van der Waals surface area (Å²) in [6, 6.07) is 4.31. The third-order valence-electron chi connectivity index (χ3n) is 2.75. The molecule has 0 spiro atoms. The molecule has 1 aliphatic rings. The van der Waals surface area contributed by atoms with Gasteiger partial charge in [-0.1, -0.05) is 31.2 Å². The highest BCUT2D eigenvalue weighted by Gasteiger charge is 2.33. The van der Waals surface area contributed by atoms with E-state index in [1.807, 2.05) is 6.92 Å². The van der Waals surface area contributed by atoms with Gasteiger partial charge < -0.3 is 10.2 Å². The second-order valence-electron chi connectivity index (χ2n) is 3.93. The third kappa shape index (κ3) is 1.72. The summed E-state index contributed by atoms with van der Waals surface area (Å²) in [5.74, 6) is -2.16. The van der Waals surface area contributed by atoms with Gasteiger partial charge in [-0.05, 0) is 12.5 Å². The van der Waals surface area contributed by atoms with Crippen molar-refractivity contribution < 1.29 is 19.8 Å². The fraction of sp³-hybridized carbons (Fsp3) is 0.143. The summed E-state index contributed by atoms with van der Waals surface area (Å²) >= 11 is 0. The average Bonchev–Trinajstić information content (AvgIpc) is 2.36. The van der Waals surface area contributed by atoms with Crippen LogP contribution in [0.1, 0.15) is 29.3 Å². The lowest BCUT2D eigenvalue weighted by Gasteiger charge is -2.16. The van der Waals surface area contributed by atoms with E-state index in [-0.39, 0.29) is 28.2 Å². The highest BCUT2D eigenvalue weighted by Crippen LogP contribution is 2.33. The van der Waals surface area contributed by atoms with Crippen LogP contribution in [0.15, 0.2) is 35.9 Å². The summed E-state index contributed by atoms with van der Waals surface area (Å²) in [6.07, 6.45) is 3.80. The van der Waals surface area contributed by atoms with Gasteiger partial charge in [0.05, 0.1) is 11.1 Å². The van der Waals surface area contributed by atoms with Gasteiger partial charge in [0, 0.05) is 5.56 Å². The number of hydrogen-bond acceptors (Lipinski definition) is 4. The Balaban J connectivity index is 2.70. The molecular weight excluding hydrogens is 232 g/mol. The van der Waals surface area contributed by atoms with Gasteiger partial charge in [-0.2, -0.15) is 0 Å². The fourth-order valence-corrected chi connectivity index (χ4v) is 1.85. The summed E-state index contributed by atoms with van der Waals surface area (Å²) in [4.78, 5) is 23.7. The molecule has 0 saturated heterocycles. The number of Topliss-reactive ketones (excluding diaryl/α,β-unsaturated/α-hetero) is 2. The SMILES string of the molecule is CC/C=C/C1=C(O)c2cccc(O)c2C(=O)C1=O. The van der Waals surface area contributed by atoms with Gasteiger partial charge in [-0.3, -0.25) is 9.59 Å². The molecule has 4 nitrogen and oxygen atoms in total. The molecule has 4 heteroatoms. The maximum absolute atomic E-state index is 11.9. The van der Waals surface area contributed by atoms with Gasteiger partial charge in [0.15, 0.2) is 0 Å². The van der Waals surface area contributed by atoms with Crippen LogP contribution in [-0.2, 0) is 4.79 Å². The van der Waals surface area contributed by atoms with Gasteiger partial charge in [-0.15, -0.1) is 0 Å². The largest absolute Gasteiger partial charge is 0.507 e. The zero-order valence-corrected chi connectivity index (χ0v) is 9.80. The lowest BCUT2D eigenvalue weighted by molar-refractivity contribution is -0.111. The molecule has 1 aliphatic carbocycles. The van der Waals surface area contributed by atoms with E-state index < -0.39 is 11.6 Å². The van der Waals surface area contributed by atoms with Gasteiger partial charge in [0.25, 0.3) is 0 Å². The third-order valence-corrected chi connectivity index (χ3v) is 2.75. The Bertz CT molecular complexity index is 594. The number of carbonyl (C=O) groups is 2. The maximum atomic E-state index is 11.9. The van der Waals surface area contributed by atoms with Crippen molar-refractivity contribution in [3.05, 3.63) is 47.1 Å². The number of aromatic hydroxyl groups is 1. The predicted octanol–water partition coefficient (Wildman–Crippen LogP) is 2.39. The van der Waals surface area contributed by atoms with Crippen molar-refractivity contribution >= 4 is 17.3 Å². The van der Waals surface area contributed by atoms with Crippen LogP contribution in [0.25, 0.3) is 5.76 Å². The number of ketones is 2. The Labute approximate surface area is 104 Å². The van der Waals surface area contributed by atoms with Gasteiger partial charge >= 0.3 is 0 Å². The van der Waals surface area contributed by atoms with Gasteiger partial charge in [0.2, 0.25) is 11.6 Å². The highest BCUT2D eigenvalue weighted by molar-refractivity contribution is 6.53. The zero-order valence-electron chi connectivity index (χ0n) is 9.80. The van der Waals surface area contributed by atoms with Crippen LogP contribution in [-0.4, -0.2) is 21.8 Å². The van der Waals surface area contributed by atoms with E-state index in [1.54, 1.807) is 6.08 Å². The van der Waals surface area contributed by atoms with E-state index in [1.165, 1.54) is 24.3 Å². The number of fused-ring (bicyclic) bond motifs is 1. The lowest BCUT2D eigenvalue weighted by Crippen LogP contribution is -2.23. The van der Waals surface area contributed by atoms with Crippen molar-refractivity contribution in [1.29, 1.82) is 0 Å². The van der Waals surface area contributed by atoms with Gasteiger partial charge in [0.1, 0.15) is 11.5 Å². The standard InChI is InChI=1S/C14H12O4/c1-2-3-5-9-12(16)8-6-4-7-10(15)11(8)14(18)13(9)17/h3-7,15-16H,2H2,1H3/b5-3+. The molecule has 1 aromatic carbocycles. The molecule has 0 saturated carbocycles. The molecule has 0 radical (unpaired) electrons. The van der Waals surface area contributed by atoms with Crippen molar-refractivity contribution in [1.82, 2.24) is 0 Å². The topological polar surface area (TPSA) is 74.6 Å². The minimum Gasteiger partial charge on any atom is -0.507 e. The Morgan fingerprint density at radius 3 is 2.56 bits per heavy atom. The van der Waals surface area contributed by atoms with E-state index in [2.05, 4.69) is 0 Å². The first-order valence-corrected chi connectivity index (χ1v) is 5.59. The van der Waals surface area contributed by atoms with Gasteiger partial charge in [-0.25, -0.2) is 0 Å². The van der Waals surface area contributed by atoms with Crippen LogP contribution in [0.3, 0.4) is 0 Å². The zero-order chi connectivity index (χ0) is 13.3. The Hall–Kier alpha value is -2.36. The van der Waals surface area contributed by atoms with E-state index in [0.29, 0.717) is 6.42 Å². The molecule has 2 rings (SSSR count). The van der Waals surface area contributed by atoms with Crippen LogP contribution < -0.4 is 0 Å². The summed E-state index contributed by atoms with van der Waals surface area (Å²) in [5, 5.41) is 19.6. The molecule has 0 aliphatic heterocycles. The molecule has 18 heavy (non-hydrogen) atoms. The quantitative estimate of drug-likeness (QED) is 0.783. The predicted molar refractivity (Wildman–Crippen MR) is 66.4 cm³/mol. The van der Waals surface area contributed by atoms with E-state index in [0.717, 1.165) is 0 Å². The molecule has 0 aromatic heterocycles. The summed E-state index contributed by atoms with van der Waals surface area (Å²) < 4.78 is 0. The number of phenols is 1. The Morgan fingerprint density at radius 2 is 1.89 bits per heavy atom. The molecule has 1 aromatic rings. The number of aliphatic hydroxyl groups excluding tert-OH is 1. The van der Waals surface area contributed by atoms with E-state index in [4.69, 9.17) is 0 Å². The number of benzene rings is 1. The molecule has 0 unspecified atom stereocenters. The first-order chi connectivity index (χ1) is 8.57. The molecular formula is C14H12O4. The first kappa shape index (κ1) is 12.1. The van der Waals surface area contributed by atoms with Crippen molar-refractivity contribution in [2.45, 2.75) is 13.3 Å². The number of rotatable bonds is 2. The lowest BCUT2D eigenvalue weighted by atomic mass is 9.87. The number of hydrogen-bond donors (Lipinski definition) is 2. The monoisotopic (exact) mass is 244 g/mol. The van der Waals surface area contributed by atoms with Crippen molar-refractivity contribution in [2.24, 2.45) is 0 Å². The summed E-state index contributed by atoms with van der Waals surface area (Å²) in [6.45, 7) is 1.88. The number of phenolic OH excluding ortho intramolecular Hbond substituents is 1. The summed E-state index contributed by atoms with van der Waals surface area (Å²) in [7, 11) is 0. The normalized spacial score (nSPS) is 15.4. The van der Waals surface area contributed by atoms with Crippen LogP contribution >= 0.6 is 0 Å². The number of aliphatic hydroxyl groups is 1. The molecule has 0 atom stereocenters. The Morgan fingerprint density at radius 1 is 1.17 bits per heavy atom. The maximum Gasteiger partial charge on any atom is 0.238 e. The van der Waals surface area contributed by atoms with Crippen LogP contribution in [0, 0.1) is 0 Å². The summed E-state index contributed by atoms with van der Waals surface area (Å²) in [5.41, 5.74) is 0.0314. The molecule has 0 heterocycles. The highest BCUT2D eigenvalue weighted by atomic mass is 16.3. The van der Waals surface area contributed by atoms with E-state index in [9.17, 15) is 19.8 Å². The number of allylic oxidation sites excluding steroid dienone is 3. The molecule has 0 bridgehead atoms. The minimum atomic E-state index is -0.800. The van der Waals surface area contributed by atoms with Crippen LogP contribution in [0.4, 0.5) is 0 Å². The Kier molecular flexibility index (Phi) is 3.02. The van der Waals surface area contributed by atoms with E-state index >= 15 is 0 Å². The first-order valence-electron chi connectivity index (χ1n) is 5.59. The van der Waals surface area contributed by atoms with Crippen molar-refractivity contribution in [3.8, 4) is 5.75 Å². The van der Waals surface area contributed by atoms with Crippen LogP contribution in [0.2, 0.25) is 0 Å². The fourth-order valence-electron chi connectivity index (χ4n) is 1.85. The number of carbonyl (C=O) groups excluding carboxylic acids is 2. The smallest absolute Gasteiger partial charge is 0.238 e. The molecule has 0 fully saturated rings. The van der Waals surface area contributed by atoms with Crippen LogP contribution in [0.5, 0.6) is 5.75 Å². The average molecular weight is 244 g/mol. The molecule has 2 N–H and O–H groups in total. The second-order valence-corrected chi connectivity index (χ2v) is 3.93. The second kappa shape index (κ2) is 4.49. The minimum absolute atomic E-state index is 0.0278.